The predicted molar refractivity (Wildman–Crippen MR) is 118 cm³/mol. The van der Waals surface area contributed by atoms with Crippen molar-refractivity contribution in [2.75, 3.05) is 0 Å². The van der Waals surface area contributed by atoms with Crippen molar-refractivity contribution in [2.24, 2.45) is 0 Å². The van der Waals surface area contributed by atoms with Gasteiger partial charge >= 0.3 is 0 Å². The van der Waals surface area contributed by atoms with E-state index < -0.39 is 5.41 Å². The van der Waals surface area contributed by atoms with Crippen molar-refractivity contribution in [3.63, 3.8) is 0 Å². The standard InChI is InChI=1S/C26H30O3/c1-16-13-19(27)8-10-21(16)25(3,4)18-7-12-24(29)23(15-18)26(5,6)22-11-9-20(28)14-17(22)2/h7-15,27-29H,1-6H3. The van der Waals surface area contributed by atoms with Crippen LogP contribution in [0.5, 0.6) is 17.2 Å². The molecule has 3 aromatic rings. The zero-order chi connectivity index (χ0) is 21.6. The lowest BCUT2D eigenvalue weighted by Crippen LogP contribution is -2.24. The van der Waals surface area contributed by atoms with Crippen molar-refractivity contribution in [2.45, 2.75) is 52.4 Å². The molecule has 0 amide bonds. The predicted octanol–water partition coefficient (Wildman–Crippen LogP) is 6.07. The SMILES string of the molecule is Cc1cc(O)ccc1C(C)(C)c1ccc(O)c(C(C)(C)c2ccc(O)cc2C)c1. The molecular formula is C26H30O3. The summed E-state index contributed by atoms with van der Waals surface area (Å²) >= 11 is 0. The van der Waals surface area contributed by atoms with E-state index in [1.165, 1.54) is 0 Å². The third kappa shape index (κ3) is 3.69. The van der Waals surface area contributed by atoms with E-state index in [0.717, 1.165) is 33.4 Å². The van der Waals surface area contributed by atoms with Gasteiger partial charge in [0.05, 0.1) is 0 Å². The highest BCUT2D eigenvalue weighted by Crippen LogP contribution is 2.42. The monoisotopic (exact) mass is 390 g/mol. The molecule has 0 bridgehead atoms. The Kier molecular flexibility index (Phi) is 5.12. The Morgan fingerprint density at radius 2 is 1.03 bits per heavy atom. The van der Waals surface area contributed by atoms with Gasteiger partial charge in [-0.25, -0.2) is 0 Å². The topological polar surface area (TPSA) is 60.7 Å². The van der Waals surface area contributed by atoms with Gasteiger partial charge in [0, 0.05) is 16.4 Å². The second-order valence-corrected chi connectivity index (χ2v) is 8.98. The first-order valence-corrected chi connectivity index (χ1v) is 9.88. The average molecular weight is 391 g/mol. The molecule has 3 heteroatoms. The summed E-state index contributed by atoms with van der Waals surface area (Å²) in [5, 5.41) is 30.3. The Morgan fingerprint density at radius 1 is 0.552 bits per heavy atom. The lowest BCUT2D eigenvalue weighted by Gasteiger charge is -2.33. The molecule has 0 atom stereocenters. The molecule has 0 unspecified atom stereocenters. The van der Waals surface area contributed by atoms with Crippen molar-refractivity contribution < 1.29 is 15.3 Å². The van der Waals surface area contributed by atoms with Crippen LogP contribution in [0.25, 0.3) is 0 Å². The van der Waals surface area contributed by atoms with E-state index in [1.807, 2.05) is 32.0 Å². The smallest absolute Gasteiger partial charge is 0.119 e. The third-order valence-electron chi connectivity index (χ3n) is 6.16. The first-order chi connectivity index (χ1) is 13.4. The van der Waals surface area contributed by atoms with Crippen molar-refractivity contribution in [3.05, 3.63) is 88.0 Å². The van der Waals surface area contributed by atoms with Gasteiger partial charge in [-0.2, -0.15) is 0 Å². The van der Waals surface area contributed by atoms with E-state index in [2.05, 4.69) is 33.8 Å². The number of benzene rings is 3. The first-order valence-electron chi connectivity index (χ1n) is 9.88. The molecule has 0 radical (unpaired) electrons. The highest BCUT2D eigenvalue weighted by atomic mass is 16.3. The molecule has 3 N–H and O–H groups in total. The van der Waals surface area contributed by atoms with Crippen LogP contribution in [0.4, 0.5) is 0 Å². The van der Waals surface area contributed by atoms with E-state index in [4.69, 9.17) is 0 Å². The molecule has 0 fully saturated rings. The van der Waals surface area contributed by atoms with E-state index >= 15 is 0 Å². The van der Waals surface area contributed by atoms with Gasteiger partial charge in [-0.3, -0.25) is 0 Å². The number of phenols is 3. The number of phenolic OH excluding ortho intramolecular Hbond substituents is 3. The summed E-state index contributed by atoms with van der Waals surface area (Å²) in [4.78, 5) is 0. The molecule has 0 aliphatic heterocycles. The second-order valence-electron chi connectivity index (χ2n) is 8.98. The van der Waals surface area contributed by atoms with E-state index in [0.29, 0.717) is 0 Å². The number of aryl methyl sites for hydroxylation is 2. The number of hydrogen-bond acceptors (Lipinski definition) is 3. The fraction of sp³-hybridized carbons (Fsp3) is 0.308. The summed E-state index contributed by atoms with van der Waals surface area (Å²) in [5.74, 6) is 0.755. The van der Waals surface area contributed by atoms with E-state index in [-0.39, 0.29) is 22.7 Å². The molecule has 0 aliphatic carbocycles. The summed E-state index contributed by atoms with van der Waals surface area (Å²) in [6.45, 7) is 12.5. The van der Waals surface area contributed by atoms with Crippen LogP contribution in [0, 0.1) is 13.8 Å². The van der Waals surface area contributed by atoms with Crippen LogP contribution < -0.4 is 0 Å². The molecule has 29 heavy (non-hydrogen) atoms. The van der Waals surface area contributed by atoms with Crippen molar-refractivity contribution >= 4 is 0 Å². The van der Waals surface area contributed by atoms with Crippen LogP contribution in [0.3, 0.4) is 0 Å². The molecule has 0 heterocycles. The molecule has 0 aliphatic rings. The number of rotatable bonds is 4. The molecule has 3 nitrogen and oxygen atoms in total. The van der Waals surface area contributed by atoms with Crippen molar-refractivity contribution in [3.8, 4) is 17.2 Å². The largest absolute Gasteiger partial charge is 0.508 e. The highest BCUT2D eigenvalue weighted by molar-refractivity contribution is 5.53. The fourth-order valence-corrected chi connectivity index (χ4v) is 4.42. The number of aromatic hydroxyl groups is 3. The summed E-state index contributed by atoms with van der Waals surface area (Å²) in [6.07, 6.45) is 0. The van der Waals surface area contributed by atoms with Crippen LogP contribution in [-0.2, 0) is 10.8 Å². The zero-order valence-electron chi connectivity index (χ0n) is 18.0. The molecule has 152 valence electrons. The maximum absolute atomic E-state index is 10.7. The Hall–Kier alpha value is -2.94. The normalized spacial score (nSPS) is 12.2. The zero-order valence-corrected chi connectivity index (χ0v) is 18.0. The van der Waals surface area contributed by atoms with Crippen LogP contribution in [0.1, 0.15) is 61.1 Å². The van der Waals surface area contributed by atoms with Gasteiger partial charge in [0.1, 0.15) is 17.2 Å². The Morgan fingerprint density at radius 3 is 1.52 bits per heavy atom. The first kappa shape index (κ1) is 20.8. The van der Waals surface area contributed by atoms with Gasteiger partial charge in [-0.05, 0) is 72.0 Å². The quantitative estimate of drug-likeness (QED) is 0.506. The van der Waals surface area contributed by atoms with Gasteiger partial charge in [-0.1, -0.05) is 52.0 Å². The Labute approximate surface area is 173 Å². The second kappa shape index (κ2) is 7.14. The minimum atomic E-state index is -0.446. The molecule has 0 saturated heterocycles. The van der Waals surface area contributed by atoms with E-state index in [9.17, 15) is 15.3 Å². The van der Waals surface area contributed by atoms with Gasteiger partial charge in [-0.15, -0.1) is 0 Å². The molecule has 0 saturated carbocycles. The lowest BCUT2D eigenvalue weighted by atomic mass is 9.71. The van der Waals surface area contributed by atoms with Gasteiger partial charge in [0.2, 0.25) is 0 Å². The highest BCUT2D eigenvalue weighted by Gasteiger charge is 2.31. The summed E-state index contributed by atoms with van der Waals surface area (Å²) in [5.41, 5.74) is 5.37. The Bertz CT molecular complexity index is 1060. The van der Waals surface area contributed by atoms with Crippen LogP contribution in [0.2, 0.25) is 0 Å². The molecule has 3 rings (SSSR count). The van der Waals surface area contributed by atoms with Crippen LogP contribution in [-0.4, -0.2) is 15.3 Å². The average Bonchev–Trinajstić information content (AvgIpc) is 2.61. The Balaban J connectivity index is 2.15. The summed E-state index contributed by atoms with van der Waals surface area (Å²) in [6, 6.07) is 16.6. The van der Waals surface area contributed by atoms with Crippen molar-refractivity contribution in [1.29, 1.82) is 0 Å². The van der Waals surface area contributed by atoms with Crippen molar-refractivity contribution in [1.82, 2.24) is 0 Å². The maximum atomic E-state index is 10.7. The minimum Gasteiger partial charge on any atom is -0.508 e. The molecular weight excluding hydrogens is 360 g/mol. The van der Waals surface area contributed by atoms with Crippen LogP contribution in [0.15, 0.2) is 54.6 Å². The minimum absolute atomic E-state index is 0.240. The molecule has 3 aromatic carbocycles. The van der Waals surface area contributed by atoms with Gasteiger partial charge in [0.15, 0.2) is 0 Å². The summed E-state index contributed by atoms with van der Waals surface area (Å²) < 4.78 is 0. The summed E-state index contributed by atoms with van der Waals surface area (Å²) in [7, 11) is 0. The lowest BCUT2D eigenvalue weighted by molar-refractivity contribution is 0.450. The number of hydrogen-bond donors (Lipinski definition) is 3. The molecule has 0 aromatic heterocycles. The van der Waals surface area contributed by atoms with E-state index in [1.54, 1.807) is 30.3 Å². The third-order valence-corrected chi connectivity index (χ3v) is 6.16. The maximum Gasteiger partial charge on any atom is 0.119 e. The fourth-order valence-electron chi connectivity index (χ4n) is 4.42. The molecule has 0 spiro atoms. The van der Waals surface area contributed by atoms with Gasteiger partial charge in [0.25, 0.3) is 0 Å². The van der Waals surface area contributed by atoms with Crippen LogP contribution >= 0.6 is 0 Å². The van der Waals surface area contributed by atoms with Gasteiger partial charge < -0.3 is 15.3 Å².